The number of hydrogen-bond donors (Lipinski definition) is 0. The zero-order valence-electron chi connectivity index (χ0n) is 8.64. The van der Waals surface area contributed by atoms with Crippen LogP contribution in [0.3, 0.4) is 0 Å². The lowest BCUT2D eigenvalue weighted by molar-refractivity contribution is 0.590. The minimum atomic E-state index is -3.88. The average molecular weight is 251 g/mol. The molecule has 1 radical (unpaired) electrons. The molecule has 0 fully saturated rings. The lowest BCUT2D eigenvalue weighted by atomic mass is 10.3. The summed E-state index contributed by atoms with van der Waals surface area (Å²) in [5.41, 5.74) is 0. The van der Waals surface area contributed by atoms with Crippen molar-refractivity contribution in [2.24, 2.45) is 0 Å². The van der Waals surface area contributed by atoms with Gasteiger partial charge in [-0.1, -0.05) is 32.9 Å². The van der Waals surface area contributed by atoms with E-state index in [0.29, 0.717) is 23.7 Å². The maximum Gasteiger partial charge on any atom is 0.215 e. The van der Waals surface area contributed by atoms with Crippen molar-refractivity contribution in [1.29, 1.82) is 0 Å². The van der Waals surface area contributed by atoms with Crippen LogP contribution in [0.5, 0.6) is 0 Å². The van der Waals surface area contributed by atoms with Gasteiger partial charge in [-0.25, -0.2) is 16.8 Å². The highest BCUT2D eigenvalue weighted by atomic mass is 32.3. The molecule has 0 amide bonds. The van der Waals surface area contributed by atoms with E-state index in [1.54, 1.807) is 0 Å². The summed E-state index contributed by atoms with van der Waals surface area (Å²) in [6.45, 7) is 8.05. The van der Waals surface area contributed by atoms with E-state index in [-0.39, 0.29) is 6.42 Å². The Labute approximate surface area is 91.5 Å². The Bertz CT molecular complexity index is 379. The van der Waals surface area contributed by atoms with Gasteiger partial charge < -0.3 is 0 Å². The van der Waals surface area contributed by atoms with Gasteiger partial charge >= 0.3 is 0 Å². The Kier molecular flexibility index (Phi) is 5.23. The molecule has 0 heterocycles. The van der Waals surface area contributed by atoms with Crippen LogP contribution in [0.15, 0.2) is 24.0 Å². The van der Waals surface area contributed by atoms with Crippen LogP contribution in [-0.2, 0) is 19.7 Å². The van der Waals surface area contributed by atoms with Crippen LogP contribution in [0.25, 0.3) is 0 Å². The molecule has 4 nitrogen and oxygen atoms in total. The predicted octanol–water partition coefficient (Wildman–Crippen LogP) is 1.78. The summed E-state index contributed by atoms with van der Waals surface area (Å²) in [5.74, 6) is 0. The van der Waals surface area contributed by atoms with E-state index in [0.717, 1.165) is 0 Å². The Hall–Kier alpha value is -0.620. The van der Waals surface area contributed by atoms with Gasteiger partial charge in [0.25, 0.3) is 0 Å². The molecule has 0 saturated carbocycles. The van der Waals surface area contributed by atoms with Crippen molar-refractivity contribution in [3.05, 3.63) is 28.6 Å². The Morgan fingerprint density at radius 1 is 1.07 bits per heavy atom. The van der Waals surface area contributed by atoms with E-state index in [1.165, 1.54) is 0 Å². The normalized spacial score (nSPS) is 12.7. The molecule has 0 unspecified atom stereocenters. The van der Waals surface area contributed by atoms with Gasteiger partial charge in [0.2, 0.25) is 4.58 Å². The maximum absolute atomic E-state index is 11.4. The summed E-state index contributed by atoms with van der Waals surface area (Å²) in [6.07, 6.45) is 1.21. The van der Waals surface area contributed by atoms with Gasteiger partial charge in [0.15, 0.2) is 19.7 Å². The Morgan fingerprint density at radius 2 is 1.47 bits per heavy atom. The zero-order chi connectivity index (χ0) is 12.1. The van der Waals surface area contributed by atoms with Crippen molar-refractivity contribution in [2.45, 2.75) is 26.2 Å². The van der Waals surface area contributed by atoms with Gasteiger partial charge in [0.05, 0.1) is 0 Å². The minimum absolute atomic E-state index is 0.000787. The largest absolute Gasteiger partial charge is 0.223 e. The minimum Gasteiger partial charge on any atom is -0.223 e. The van der Waals surface area contributed by atoms with Gasteiger partial charge in [-0.2, -0.15) is 0 Å². The maximum atomic E-state index is 11.4. The topological polar surface area (TPSA) is 68.3 Å². The molecule has 0 N–H and O–H groups in total. The van der Waals surface area contributed by atoms with Gasteiger partial charge in [0.1, 0.15) is 0 Å². The quantitative estimate of drug-likeness (QED) is 0.691. The lowest BCUT2D eigenvalue weighted by Crippen LogP contribution is -2.18. The van der Waals surface area contributed by atoms with E-state index in [9.17, 15) is 16.8 Å². The summed E-state index contributed by atoms with van der Waals surface area (Å²) in [6, 6.07) is 0. The molecule has 0 atom stereocenters. The second-order valence-electron chi connectivity index (χ2n) is 2.90. The summed E-state index contributed by atoms with van der Waals surface area (Å²) in [4.78, 5) is 0. The van der Waals surface area contributed by atoms with Crippen LogP contribution in [0.1, 0.15) is 26.2 Å². The molecule has 0 aliphatic carbocycles. The van der Waals surface area contributed by atoms with Gasteiger partial charge in [-0.05, 0) is 6.42 Å². The third-order valence-corrected chi connectivity index (χ3v) is 5.76. The van der Waals surface area contributed by atoms with Crippen LogP contribution in [0.4, 0.5) is 0 Å². The lowest BCUT2D eigenvalue weighted by Gasteiger charge is -2.11. The molecule has 0 saturated heterocycles. The molecule has 87 valence electrons. The fraction of sp³-hybridized carbons (Fsp3) is 0.444. The highest BCUT2D eigenvalue weighted by Crippen LogP contribution is 2.27. The smallest absolute Gasteiger partial charge is 0.215 e. The highest BCUT2D eigenvalue weighted by Gasteiger charge is 2.34. The molecule has 0 aliphatic rings. The van der Waals surface area contributed by atoms with Crippen LogP contribution >= 0.6 is 0 Å². The summed E-state index contributed by atoms with van der Waals surface area (Å²) in [5, 5.41) is 1.30. The monoisotopic (exact) mass is 251 g/mol. The van der Waals surface area contributed by atoms with Crippen LogP contribution in [0, 0.1) is 4.58 Å². The third-order valence-electron chi connectivity index (χ3n) is 1.81. The fourth-order valence-corrected chi connectivity index (χ4v) is 3.89. The van der Waals surface area contributed by atoms with Gasteiger partial charge in [-0.3, -0.25) is 0 Å². The Balaban J connectivity index is 5.26. The fourth-order valence-electron chi connectivity index (χ4n) is 0.953. The summed E-state index contributed by atoms with van der Waals surface area (Å²) in [7, 11) is -7.76. The molecule has 0 aromatic heterocycles. The van der Waals surface area contributed by atoms with Crippen molar-refractivity contribution in [3.63, 3.8) is 0 Å². The van der Waals surface area contributed by atoms with Crippen molar-refractivity contribution >= 4 is 19.7 Å². The molecular weight excluding hydrogens is 236 g/mol. The van der Waals surface area contributed by atoms with E-state index in [4.69, 9.17) is 0 Å². The molecule has 6 heteroatoms. The predicted molar refractivity (Wildman–Crippen MR) is 61.0 cm³/mol. The molecular formula is C9H15O4S2. The SMILES string of the molecule is C=CS(=O)(=O)[C](CCCC)S(=O)(=O)C=C. The first kappa shape index (κ1) is 14.4. The summed E-state index contributed by atoms with van der Waals surface area (Å²) >= 11 is 0. The number of sulfone groups is 2. The van der Waals surface area contributed by atoms with Gasteiger partial charge in [-0.15, -0.1) is 0 Å². The van der Waals surface area contributed by atoms with Crippen molar-refractivity contribution in [3.8, 4) is 0 Å². The van der Waals surface area contributed by atoms with Crippen LogP contribution in [-0.4, -0.2) is 16.8 Å². The van der Waals surface area contributed by atoms with Crippen molar-refractivity contribution in [1.82, 2.24) is 0 Å². The standard InChI is InChI=1S/C9H15O4S2/c1-4-7-8-9(14(10,11)5-2)15(12,13)6-3/h5-6H,2-4,7-8H2,1H3. The number of unbranched alkanes of at least 4 members (excludes halogenated alkanes) is 1. The van der Waals surface area contributed by atoms with Crippen molar-refractivity contribution < 1.29 is 16.8 Å². The number of hydrogen-bond acceptors (Lipinski definition) is 4. The van der Waals surface area contributed by atoms with Gasteiger partial charge in [0, 0.05) is 10.8 Å². The summed E-state index contributed by atoms with van der Waals surface area (Å²) < 4.78 is 45.2. The van der Waals surface area contributed by atoms with Crippen LogP contribution < -0.4 is 0 Å². The Morgan fingerprint density at radius 3 is 1.73 bits per heavy atom. The zero-order valence-corrected chi connectivity index (χ0v) is 10.3. The molecule has 0 spiro atoms. The number of rotatable bonds is 7. The molecule has 0 bridgehead atoms. The second-order valence-corrected chi connectivity index (χ2v) is 6.99. The molecule has 0 aliphatic heterocycles. The van der Waals surface area contributed by atoms with E-state index < -0.39 is 24.3 Å². The molecule has 0 aromatic carbocycles. The molecule has 0 aromatic rings. The third kappa shape index (κ3) is 3.79. The van der Waals surface area contributed by atoms with Crippen molar-refractivity contribution in [2.75, 3.05) is 0 Å². The first-order chi connectivity index (χ1) is 6.81. The first-order valence-electron chi connectivity index (χ1n) is 4.42. The van der Waals surface area contributed by atoms with E-state index >= 15 is 0 Å². The molecule has 0 rings (SSSR count). The van der Waals surface area contributed by atoms with Crippen LogP contribution in [0.2, 0.25) is 0 Å². The van der Waals surface area contributed by atoms with E-state index in [1.807, 2.05) is 6.92 Å². The first-order valence-corrected chi connectivity index (χ1v) is 7.52. The molecule has 15 heavy (non-hydrogen) atoms. The van der Waals surface area contributed by atoms with E-state index in [2.05, 4.69) is 13.2 Å². The average Bonchev–Trinajstić information content (AvgIpc) is 2.18. The second kappa shape index (κ2) is 5.46. The highest BCUT2D eigenvalue weighted by molar-refractivity contribution is 8.15.